The van der Waals surface area contributed by atoms with Crippen LogP contribution in [-0.4, -0.2) is 32.3 Å². The van der Waals surface area contributed by atoms with Crippen LogP contribution in [0.2, 0.25) is 0 Å². The number of hydroxylamine groups is 2. The maximum atomic E-state index is 11.4. The molecule has 0 bridgehead atoms. The average Bonchev–Trinajstić information content (AvgIpc) is 2.50. The maximum Gasteiger partial charge on any atom is 0.280 e. The zero-order chi connectivity index (χ0) is 15.6. The molecule has 0 radical (unpaired) electrons. The smallest absolute Gasteiger partial charge is 0.198 e. The normalized spacial score (nSPS) is 19.1. The molecule has 0 amide bonds. The summed E-state index contributed by atoms with van der Waals surface area (Å²) in [6.45, 7) is 0.633. The largest absolute Gasteiger partial charge is 0.280 e. The monoisotopic (exact) mass is 317 g/mol. The second kappa shape index (κ2) is 6.20. The van der Waals surface area contributed by atoms with Gasteiger partial charge in [-0.25, -0.2) is 0 Å². The molecule has 1 unspecified atom stereocenters. The Labute approximate surface area is 131 Å². The maximum absolute atomic E-state index is 11.4. The minimum atomic E-state index is -3.49. The highest BCUT2D eigenvalue weighted by Crippen LogP contribution is 2.37. The van der Waals surface area contributed by atoms with Crippen LogP contribution < -0.4 is 0 Å². The van der Waals surface area contributed by atoms with Gasteiger partial charge in [-0.2, -0.15) is 17.8 Å². The molecule has 3 rings (SSSR count). The number of nitrogens with zero attached hydrogens (tertiary/aromatic N) is 1. The lowest BCUT2D eigenvalue weighted by atomic mass is 9.80. The summed E-state index contributed by atoms with van der Waals surface area (Å²) >= 11 is 0. The molecule has 116 valence electrons. The second-order valence-electron chi connectivity index (χ2n) is 5.57. The number of benzene rings is 2. The van der Waals surface area contributed by atoms with Gasteiger partial charge in [-0.3, -0.25) is 0 Å². The van der Waals surface area contributed by atoms with Gasteiger partial charge >= 0.3 is 0 Å². The van der Waals surface area contributed by atoms with E-state index in [1.54, 1.807) is 5.06 Å². The molecule has 0 aliphatic carbocycles. The third-order valence-electron chi connectivity index (χ3n) is 3.95. The molecule has 2 aromatic carbocycles. The standard InChI is InChI=1S/C17H19NO3S/c1-22(19,20)21-18-13-12-16(18)17(14-8-4-2-5-9-14)15-10-6-3-7-11-15/h2-11,16-17H,12-13H2,1H3. The van der Waals surface area contributed by atoms with Crippen LogP contribution in [0.25, 0.3) is 0 Å². The molecule has 4 nitrogen and oxygen atoms in total. The summed E-state index contributed by atoms with van der Waals surface area (Å²) in [6.07, 6.45) is 1.99. The molecule has 22 heavy (non-hydrogen) atoms. The van der Waals surface area contributed by atoms with Gasteiger partial charge in [-0.1, -0.05) is 60.7 Å². The Morgan fingerprint density at radius 1 is 1.00 bits per heavy atom. The van der Waals surface area contributed by atoms with E-state index in [2.05, 4.69) is 24.3 Å². The summed E-state index contributed by atoms with van der Waals surface area (Å²) in [4.78, 5) is 0. The van der Waals surface area contributed by atoms with Crippen molar-refractivity contribution in [1.82, 2.24) is 5.06 Å². The van der Waals surface area contributed by atoms with Gasteiger partial charge in [-0.15, -0.1) is 0 Å². The van der Waals surface area contributed by atoms with Crippen LogP contribution >= 0.6 is 0 Å². The molecule has 2 aromatic rings. The van der Waals surface area contributed by atoms with Crippen LogP contribution in [0.3, 0.4) is 0 Å². The summed E-state index contributed by atoms with van der Waals surface area (Å²) < 4.78 is 27.9. The van der Waals surface area contributed by atoms with E-state index >= 15 is 0 Å². The lowest BCUT2D eigenvalue weighted by Gasteiger charge is -2.43. The van der Waals surface area contributed by atoms with E-state index in [9.17, 15) is 8.42 Å². The van der Waals surface area contributed by atoms with Crippen molar-refractivity contribution in [2.45, 2.75) is 18.4 Å². The lowest BCUT2D eigenvalue weighted by Crippen LogP contribution is -2.51. The highest BCUT2D eigenvalue weighted by molar-refractivity contribution is 7.85. The first-order valence-corrected chi connectivity index (χ1v) is 9.12. The SMILES string of the molecule is CS(=O)(=O)ON1CCC1C(c1ccccc1)c1ccccc1. The molecule has 0 N–H and O–H groups in total. The van der Waals surface area contributed by atoms with Crippen LogP contribution in [0.5, 0.6) is 0 Å². The minimum absolute atomic E-state index is 0.0273. The van der Waals surface area contributed by atoms with Gasteiger partial charge in [-0.05, 0) is 17.5 Å². The first kappa shape index (κ1) is 15.2. The lowest BCUT2D eigenvalue weighted by molar-refractivity contribution is -0.152. The van der Waals surface area contributed by atoms with E-state index < -0.39 is 10.1 Å². The highest BCUT2D eigenvalue weighted by Gasteiger charge is 2.39. The van der Waals surface area contributed by atoms with Gasteiger partial charge in [0.25, 0.3) is 10.1 Å². The zero-order valence-electron chi connectivity index (χ0n) is 12.4. The molecule has 1 saturated heterocycles. The van der Waals surface area contributed by atoms with E-state index in [1.165, 1.54) is 11.1 Å². The van der Waals surface area contributed by atoms with Gasteiger partial charge < -0.3 is 0 Å². The van der Waals surface area contributed by atoms with Crippen molar-refractivity contribution in [1.29, 1.82) is 0 Å². The Morgan fingerprint density at radius 3 is 1.86 bits per heavy atom. The first-order chi connectivity index (χ1) is 10.5. The predicted molar refractivity (Wildman–Crippen MR) is 85.8 cm³/mol. The van der Waals surface area contributed by atoms with Gasteiger partial charge in [0.05, 0.1) is 6.26 Å². The van der Waals surface area contributed by atoms with Crippen LogP contribution in [0.4, 0.5) is 0 Å². The number of rotatable bonds is 5. The minimum Gasteiger partial charge on any atom is -0.198 e. The Hall–Kier alpha value is -1.69. The average molecular weight is 317 g/mol. The van der Waals surface area contributed by atoms with Crippen molar-refractivity contribution in [3.63, 3.8) is 0 Å². The van der Waals surface area contributed by atoms with Crippen molar-refractivity contribution in [2.75, 3.05) is 12.8 Å². The molecule has 1 heterocycles. The molecule has 0 saturated carbocycles. The predicted octanol–water partition coefficient (Wildman–Crippen LogP) is 2.78. The fourth-order valence-electron chi connectivity index (χ4n) is 2.94. The Balaban J connectivity index is 1.93. The van der Waals surface area contributed by atoms with Gasteiger partial charge in [0.1, 0.15) is 0 Å². The van der Waals surface area contributed by atoms with Crippen LogP contribution in [-0.2, 0) is 14.4 Å². The summed E-state index contributed by atoms with van der Waals surface area (Å²) in [5, 5.41) is 1.58. The summed E-state index contributed by atoms with van der Waals surface area (Å²) in [7, 11) is -3.49. The third kappa shape index (κ3) is 3.38. The summed E-state index contributed by atoms with van der Waals surface area (Å²) in [6, 6.07) is 20.3. The van der Waals surface area contributed by atoms with Crippen LogP contribution in [0.1, 0.15) is 23.5 Å². The van der Waals surface area contributed by atoms with Crippen molar-refractivity contribution in [2.24, 2.45) is 0 Å². The first-order valence-electron chi connectivity index (χ1n) is 7.31. The fraction of sp³-hybridized carbons (Fsp3) is 0.294. The topological polar surface area (TPSA) is 46.6 Å². The van der Waals surface area contributed by atoms with E-state index in [0.29, 0.717) is 6.54 Å². The number of hydrogen-bond acceptors (Lipinski definition) is 4. The van der Waals surface area contributed by atoms with E-state index in [0.717, 1.165) is 12.7 Å². The number of hydrogen-bond donors (Lipinski definition) is 0. The molecule has 1 fully saturated rings. The van der Waals surface area contributed by atoms with Crippen LogP contribution in [0, 0.1) is 0 Å². The van der Waals surface area contributed by atoms with Crippen molar-refractivity contribution < 1.29 is 12.7 Å². The van der Waals surface area contributed by atoms with Crippen molar-refractivity contribution in [3.8, 4) is 0 Å². The Morgan fingerprint density at radius 2 is 1.50 bits per heavy atom. The Bertz CT molecular complexity index is 677. The molecule has 1 aliphatic heterocycles. The molecular weight excluding hydrogens is 298 g/mol. The third-order valence-corrected chi connectivity index (χ3v) is 4.41. The van der Waals surface area contributed by atoms with E-state index in [1.807, 2.05) is 36.4 Å². The van der Waals surface area contributed by atoms with Crippen molar-refractivity contribution in [3.05, 3.63) is 71.8 Å². The summed E-state index contributed by atoms with van der Waals surface area (Å²) in [5.74, 6) is 0.0953. The molecule has 5 heteroatoms. The zero-order valence-corrected chi connectivity index (χ0v) is 13.2. The van der Waals surface area contributed by atoms with Gasteiger partial charge in [0, 0.05) is 18.5 Å². The van der Waals surface area contributed by atoms with E-state index in [4.69, 9.17) is 4.28 Å². The molecular formula is C17H19NO3S. The second-order valence-corrected chi connectivity index (χ2v) is 7.13. The molecule has 1 aliphatic rings. The molecule has 0 spiro atoms. The fourth-order valence-corrected chi connectivity index (χ4v) is 3.47. The van der Waals surface area contributed by atoms with Crippen LogP contribution in [0.15, 0.2) is 60.7 Å². The molecule has 1 atom stereocenters. The quantitative estimate of drug-likeness (QED) is 0.851. The van der Waals surface area contributed by atoms with Gasteiger partial charge in [0.2, 0.25) is 0 Å². The van der Waals surface area contributed by atoms with Crippen molar-refractivity contribution >= 4 is 10.1 Å². The Kier molecular flexibility index (Phi) is 4.29. The molecule has 0 aromatic heterocycles. The van der Waals surface area contributed by atoms with E-state index in [-0.39, 0.29) is 12.0 Å². The highest BCUT2D eigenvalue weighted by atomic mass is 32.2. The summed E-state index contributed by atoms with van der Waals surface area (Å²) in [5.41, 5.74) is 2.33. The van der Waals surface area contributed by atoms with Gasteiger partial charge in [0.15, 0.2) is 0 Å².